The van der Waals surface area contributed by atoms with E-state index in [4.69, 9.17) is 0 Å². The minimum Gasteiger partial charge on any atom is -0.481 e. The molecular formula is C15H13F2NO3. The van der Waals surface area contributed by atoms with Crippen LogP contribution in [0.15, 0.2) is 30.4 Å². The molecule has 2 N–H and O–H groups in total. The normalized spacial score (nSPS) is 29.6. The summed E-state index contributed by atoms with van der Waals surface area (Å²) in [6, 6.07) is 2.83. The molecule has 0 spiro atoms. The van der Waals surface area contributed by atoms with E-state index >= 15 is 0 Å². The van der Waals surface area contributed by atoms with Gasteiger partial charge in [0, 0.05) is 6.07 Å². The Morgan fingerprint density at radius 3 is 2.43 bits per heavy atom. The van der Waals surface area contributed by atoms with E-state index in [1.807, 2.05) is 12.2 Å². The lowest BCUT2D eigenvalue weighted by molar-refractivity contribution is -0.146. The molecular weight excluding hydrogens is 280 g/mol. The molecule has 1 fully saturated rings. The van der Waals surface area contributed by atoms with Crippen LogP contribution in [0.4, 0.5) is 14.5 Å². The number of hydrogen-bond donors (Lipinski definition) is 2. The third-order valence-corrected chi connectivity index (χ3v) is 4.24. The summed E-state index contributed by atoms with van der Waals surface area (Å²) in [7, 11) is 0. The molecule has 2 bridgehead atoms. The van der Waals surface area contributed by atoms with E-state index in [1.165, 1.54) is 0 Å². The maximum atomic E-state index is 13.6. The Kier molecular flexibility index (Phi) is 3.23. The van der Waals surface area contributed by atoms with Crippen molar-refractivity contribution in [3.05, 3.63) is 42.0 Å². The molecule has 2 aliphatic rings. The number of benzene rings is 1. The highest BCUT2D eigenvalue weighted by atomic mass is 19.1. The zero-order valence-corrected chi connectivity index (χ0v) is 10.9. The maximum Gasteiger partial charge on any atom is 0.307 e. The Morgan fingerprint density at radius 1 is 1.14 bits per heavy atom. The quantitative estimate of drug-likeness (QED) is 0.841. The number of carboxylic acids is 1. The van der Waals surface area contributed by atoms with E-state index in [1.54, 1.807) is 0 Å². The molecule has 0 aliphatic heterocycles. The minimum absolute atomic E-state index is 0.139. The molecule has 1 amide bonds. The first-order chi connectivity index (χ1) is 9.97. The Morgan fingerprint density at radius 2 is 1.81 bits per heavy atom. The van der Waals surface area contributed by atoms with Crippen LogP contribution in [-0.2, 0) is 9.59 Å². The van der Waals surface area contributed by atoms with Gasteiger partial charge in [0.05, 0.1) is 17.5 Å². The van der Waals surface area contributed by atoms with E-state index < -0.39 is 35.3 Å². The topological polar surface area (TPSA) is 66.4 Å². The second-order valence-corrected chi connectivity index (χ2v) is 5.45. The highest BCUT2D eigenvalue weighted by Gasteiger charge is 2.51. The number of halogens is 2. The van der Waals surface area contributed by atoms with Crippen LogP contribution < -0.4 is 5.32 Å². The van der Waals surface area contributed by atoms with Crippen molar-refractivity contribution in [3.8, 4) is 0 Å². The Hall–Kier alpha value is -2.24. The van der Waals surface area contributed by atoms with Crippen LogP contribution in [0.2, 0.25) is 0 Å². The second kappa shape index (κ2) is 4.95. The minimum atomic E-state index is -1.02. The summed E-state index contributed by atoms with van der Waals surface area (Å²) in [6.45, 7) is 0. The molecule has 0 radical (unpaired) electrons. The van der Waals surface area contributed by atoms with Gasteiger partial charge in [0.15, 0.2) is 0 Å². The number of carbonyl (C=O) groups is 2. The SMILES string of the molecule is O=C(O)[C@@H]1[C@H](C(=O)Nc2ccc(F)cc2F)[C@H]2C=C[C@H]1C2. The summed E-state index contributed by atoms with van der Waals surface area (Å²) >= 11 is 0. The van der Waals surface area contributed by atoms with Crippen molar-refractivity contribution in [3.63, 3.8) is 0 Å². The van der Waals surface area contributed by atoms with Gasteiger partial charge in [0.1, 0.15) is 11.6 Å². The van der Waals surface area contributed by atoms with Gasteiger partial charge in [-0.1, -0.05) is 12.2 Å². The van der Waals surface area contributed by atoms with Crippen molar-refractivity contribution in [2.75, 3.05) is 5.32 Å². The summed E-state index contributed by atoms with van der Waals surface area (Å²) in [4.78, 5) is 23.6. The molecule has 4 nitrogen and oxygen atoms in total. The number of amides is 1. The monoisotopic (exact) mass is 293 g/mol. The molecule has 3 rings (SSSR count). The fourth-order valence-electron chi connectivity index (χ4n) is 3.32. The Labute approximate surface area is 119 Å². The number of carbonyl (C=O) groups excluding carboxylic acids is 1. The van der Waals surface area contributed by atoms with Crippen LogP contribution in [0.3, 0.4) is 0 Å². The molecule has 0 unspecified atom stereocenters. The van der Waals surface area contributed by atoms with Gasteiger partial charge in [-0.2, -0.15) is 0 Å². The van der Waals surface area contributed by atoms with Crippen LogP contribution in [0.25, 0.3) is 0 Å². The Bertz CT molecular complexity index is 644. The number of anilines is 1. The van der Waals surface area contributed by atoms with Crippen LogP contribution in [0.5, 0.6) is 0 Å². The molecule has 1 aromatic rings. The van der Waals surface area contributed by atoms with Crippen molar-refractivity contribution < 1.29 is 23.5 Å². The largest absolute Gasteiger partial charge is 0.481 e. The van der Waals surface area contributed by atoms with Crippen molar-refractivity contribution in [1.82, 2.24) is 0 Å². The summed E-state index contributed by atoms with van der Waals surface area (Å²) < 4.78 is 26.4. The number of hydrogen-bond acceptors (Lipinski definition) is 2. The number of fused-ring (bicyclic) bond motifs is 2. The molecule has 1 aromatic carbocycles. The number of allylic oxidation sites excluding steroid dienone is 2. The second-order valence-electron chi connectivity index (χ2n) is 5.45. The lowest BCUT2D eigenvalue weighted by atomic mass is 9.82. The van der Waals surface area contributed by atoms with Gasteiger partial charge >= 0.3 is 5.97 Å². The first-order valence-corrected chi connectivity index (χ1v) is 6.64. The Balaban J connectivity index is 1.82. The average Bonchev–Trinajstić information content (AvgIpc) is 3.02. The molecule has 0 aromatic heterocycles. The van der Waals surface area contributed by atoms with E-state index in [2.05, 4.69) is 5.32 Å². The number of rotatable bonds is 3. The van der Waals surface area contributed by atoms with Crippen LogP contribution in [0.1, 0.15) is 6.42 Å². The number of carboxylic acid groups (broad SMARTS) is 1. The van der Waals surface area contributed by atoms with Gasteiger partial charge in [0.2, 0.25) is 5.91 Å². The van der Waals surface area contributed by atoms with Crippen LogP contribution in [0, 0.1) is 35.3 Å². The maximum absolute atomic E-state index is 13.6. The van der Waals surface area contributed by atoms with Gasteiger partial charge < -0.3 is 10.4 Å². The van der Waals surface area contributed by atoms with Crippen molar-refractivity contribution in [2.24, 2.45) is 23.7 Å². The van der Waals surface area contributed by atoms with Crippen molar-refractivity contribution in [1.29, 1.82) is 0 Å². The molecule has 0 heterocycles. The summed E-state index contributed by atoms with van der Waals surface area (Å²) in [6.07, 6.45) is 4.29. The standard InChI is InChI=1S/C15H13F2NO3/c16-9-3-4-11(10(17)6-9)18-14(19)12-7-1-2-8(5-7)13(12)15(20)21/h1-4,6-8,12-13H,5H2,(H,18,19)(H,20,21)/t7-,8-,12+,13-/m0/s1. The number of aliphatic carboxylic acids is 1. The predicted octanol–water partition coefficient (Wildman–Crippen LogP) is 2.43. The van der Waals surface area contributed by atoms with Crippen LogP contribution >= 0.6 is 0 Å². The predicted molar refractivity (Wildman–Crippen MR) is 70.3 cm³/mol. The third-order valence-electron chi connectivity index (χ3n) is 4.24. The summed E-state index contributed by atoms with van der Waals surface area (Å²) in [5.41, 5.74) is -0.141. The van der Waals surface area contributed by atoms with Gasteiger partial charge in [-0.25, -0.2) is 8.78 Å². The van der Waals surface area contributed by atoms with E-state index in [0.29, 0.717) is 12.5 Å². The zero-order valence-electron chi connectivity index (χ0n) is 10.9. The lowest BCUT2D eigenvalue weighted by Gasteiger charge is -2.23. The molecule has 6 heteroatoms. The van der Waals surface area contributed by atoms with Gasteiger partial charge in [-0.3, -0.25) is 9.59 Å². The third kappa shape index (κ3) is 2.30. The smallest absolute Gasteiger partial charge is 0.307 e. The van der Waals surface area contributed by atoms with E-state index in [0.717, 1.165) is 12.1 Å². The highest BCUT2D eigenvalue weighted by Crippen LogP contribution is 2.48. The van der Waals surface area contributed by atoms with E-state index in [9.17, 15) is 23.5 Å². The fourth-order valence-corrected chi connectivity index (χ4v) is 3.32. The van der Waals surface area contributed by atoms with Gasteiger partial charge in [-0.05, 0) is 30.4 Å². The van der Waals surface area contributed by atoms with Gasteiger partial charge in [-0.15, -0.1) is 0 Å². The van der Waals surface area contributed by atoms with Crippen LogP contribution in [-0.4, -0.2) is 17.0 Å². The number of nitrogens with one attached hydrogen (secondary N) is 1. The molecule has 110 valence electrons. The molecule has 1 saturated carbocycles. The summed E-state index contributed by atoms with van der Waals surface area (Å²) in [5, 5.41) is 11.6. The van der Waals surface area contributed by atoms with Gasteiger partial charge in [0.25, 0.3) is 0 Å². The molecule has 2 aliphatic carbocycles. The molecule has 4 atom stereocenters. The fraction of sp³-hybridized carbons (Fsp3) is 0.333. The molecule has 21 heavy (non-hydrogen) atoms. The first kappa shape index (κ1) is 13.7. The zero-order chi connectivity index (χ0) is 15.1. The first-order valence-electron chi connectivity index (χ1n) is 6.64. The summed E-state index contributed by atoms with van der Waals surface area (Å²) in [5.74, 6) is -4.98. The van der Waals surface area contributed by atoms with Crippen molar-refractivity contribution in [2.45, 2.75) is 6.42 Å². The molecule has 0 saturated heterocycles. The van der Waals surface area contributed by atoms with E-state index in [-0.39, 0.29) is 17.5 Å². The highest BCUT2D eigenvalue weighted by molar-refractivity contribution is 5.96. The lowest BCUT2D eigenvalue weighted by Crippen LogP contribution is -2.36. The van der Waals surface area contributed by atoms with Crippen molar-refractivity contribution >= 4 is 17.6 Å². The average molecular weight is 293 g/mol.